The van der Waals surface area contributed by atoms with Gasteiger partial charge in [-0.05, 0) is 56.5 Å². The topological polar surface area (TPSA) is 113 Å². The summed E-state index contributed by atoms with van der Waals surface area (Å²) >= 11 is 0. The van der Waals surface area contributed by atoms with E-state index < -0.39 is 23.1 Å². The highest BCUT2D eigenvalue weighted by molar-refractivity contribution is 6.07. The van der Waals surface area contributed by atoms with Crippen molar-refractivity contribution in [2.45, 2.75) is 44.3 Å². The molecule has 0 radical (unpaired) electrons. The van der Waals surface area contributed by atoms with E-state index in [2.05, 4.69) is 25.5 Å². The largest absolute Gasteiger partial charge is 0.417 e. The highest BCUT2D eigenvalue weighted by atomic mass is 19.4. The second-order valence-corrected chi connectivity index (χ2v) is 11.2. The van der Waals surface area contributed by atoms with Crippen molar-refractivity contribution < 1.29 is 27.5 Å². The zero-order valence-corrected chi connectivity index (χ0v) is 23.7. The molecule has 1 spiro atoms. The summed E-state index contributed by atoms with van der Waals surface area (Å²) in [5, 5.41) is 5.95. The maximum atomic E-state index is 13.9. The molecular formula is C30H32F3N7O3. The zero-order chi connectivity index (χ0) is 30.2. The van der Waals surface area contributed by atoms with E-state index in [4.69, 9.17) is 9.72 Å². The fourth-order valence-electron chi connectivity index (χ4n) is 5.62. The van der Waals surface area contributed by atoms with Crippen LogP contribution in [0.4, 0.5) is 30.5 Å². The van der Waals surface area contributed by atoms with Crippen LogP contribution in [0.25, 0.3) is 0 Å². The molecule has 2 fully saturated rings. The van der Waals surface area contributed by atoms with Gasteiger partial charge in [-0.15, -0.1) is 0 Å². The molecule has 2 aliphatic heterocycles. The molecule has 10 nitrogen and oxygen atoms in total. The number of amides is 2. The van der Waals surface area contributed by atoms with Gasteiger partial charge in [0.2, 0.25) is 11.9 Å². The van der Waals surface area contributed by atoms with E-state index in [1.807, 2.05) is 6.92 Å². The Morgan fingerprint density at radius 1 is 1.12 bits per heavy atom. The average Bonchev–Trinajstić information content (AvgIpc) is 3.80. The number of hydrogen-bond acceptors (Lipinski definition) is 8. The lowest BCUT2D eigenvalue weighted by Gasteiger charge is -2.34. The van der Waals surface area contributed by atoms with Crippen molar-refractivity contribution in [3.05, 3.63) is 70.8 Å². The first-order valence-corrected chi connectivity index (χ1v) is 14.3. The number of nitrogens with zero attached hydrogens (tertiary/aromatic N) is 5. The molecule has 0 bridgehead atoms. The molecule has 0 atom stereocenters. The number of pyridine rings is 1. The first kappa shape index (κ1) is 29.0. The van der Waals surface area contributed by atoms with E-state index >= 15 is 0 Å². The quantitative estimate of drug-likeness (QED) is 0.374. The number of hydrogen-bond donors (Lipinski definition) is 2. The molecule has 1 saturated carbocycles. The molecule has 13 heteroatoms. The van der Waals surface area contributed by atoms with Crippen molar-refractivity contribution in [3.63, 3.8) is 0 Å². The summed E-state index contributed by atoms with van der Waals surface area (Å²) in [5.41, 5.74) is 1.44. The second-order valence-electron chi connectivity index (χ2n) is 11.2. The molecule has 1 saturated heterocycles. The van der Waals surface area contributed by atoms with Crippen LogP contribution in [0.3, 0.4) is 0 Å². The summed E-state index contributed by atoms with van der Waals surface area (Å²) in [6, 6.07) is 5.83. The molecular weight excluding hydrogens is 563 g/mol. The van der Waals surface area contributed by atoms with E-state index in [9.17, 15) is 22.8 Å². The van der Waals surface area contributed by atoms with Crippen LogP contribution in [-0.2, 0) is 27.7 Å². The van der Waals surface area contributed by atoms with E-state index in [-0.39, 0.29) is 18.0 Å². The number of anilines is 3. The van der Waals surface area contributed by atoms with Gasteiger partial charge in [0.25, 0.3) is 5.91 Å². The minimum absolute atomic E-state index is 0.0642. The number of rotatable bonds is 8. The molecule has 1 aromatic carbocycles. The first-order chi connectivity index (χ1) is 20.6. The molecule has 1 aliphatic carbocycles. The Labute approximate surface area is 246 Å². The molecule has 2 amide bonds. The fraction of sp³-hybridized carbons (Fsp3) is 0.433. The van der Waals surface area contributed by atoms with E-state index in [1.165, 1.54) is 0 Å². The third-order valence-electron chi connectivity index (χ3n) is 8.17. The summed E-state index contributed by atoms with van der Waals surface area (Å²) in [7, 11) is 0. The molecule has 6 rings (SSSR count). The Morgan fingerprint density at radius 3 is 2.65 bits per heavy atom. The summed E-state index contributed by atoms with van der Waals surface area (Å²) < 4.78 is 44.7. The van der Waals surface area contributed by atoms with Crippen LogP contribution in [0.5, 0.6) is 0 Å². The predicted molar refractivity (Wildman–Crippen MR) is 153 cm³/mol. The lowest BCUT2D eigenvalue weighted by Crippen LogP contribution is -2.45. The van der Waals surface area contributed by atoms with Gasteiger partial charge in [0.1, 0.15) is 0 Å². The lowest BCUT2D eigenvalue weighted by atomic mass is 9.91. The number of aryl methyl sites for hydroxylation is 1. The third kappa shape index (κ3) is 6.04. The lowest BCUT2D eigenvalue weighted by molar-refractivity contribution is -0.137. The summed E-state index contributed by atoms with van der Waals surface area (Å²) in [4.78, 5) is 43.6. The molecule has 3 aromatic rings. The maximum Gasteiger partial charge on any atom is 0.417 e. The number of alkyl halides is 3. The van der Waals surface area contributed by atoms with Crippen LogP contribution < -0.4 is 15.5 Å². The van der Waals surface area contributed by atoms with Crippen molar-refractivity contribution in [1.29, 1.82) is 0 Å². The minimum atomic E-state index is -4.62. The first-order valence-electron chi connectivity index (χ1n) is 14.3. The number of halogens is 3. The maximum absolute atomic E-state index is 13.9. The van der Waals surface area contributed by atoms with Gasteiger partial charge in [-0.2, -0.15) is 13.2 Å². The van der Waals surface area contributed by atoms with Gasteiger partial charge in [0.15, 0.2) is 0 Å². The van der Waals surface area contributed by atoms with Crippen LogP contribution in [0.2, 0.25) is 0 Å². The number of fused-ring (bicyclic) bond motifs is 2. The van der Waals surface area contributed by atoms with Crippen LogP contribution in [0, 0.1) is 6.92 Å². The number of benzene rings is 1. The molecule has 3 aliphatic rings. The van der Waals surface area contributed by atoms with Crippen LogP contribution in [0.1, 0.15) is 52.0 Å². The third-order valence-corrected chi connectivity index (χ3v) is 8.17. The predicted octanol–water partition coefficient (Wildman–Crippen LogP) is 4.16. The number of aromatic nitrogens is 3. The van der Waals surface area contributed by atoms with E-state index in [0.29, 0.717) is 36.4 Å². The highest BCUT2D eigenvalue weighted by Crippen LogP contribution is 2.53. The van der Waals surface area contributed by atoms with Gasteiger partial charge >= 0.3 is 6.18 Å². The molecule has 2 aromatic heterocycles. The van der Waals surface area contributed by atoms with Crippen LogP contribution >= 0.6 is 0 Å². The number of carbonyl (C=O) groups is 2. The normalized spacial score (nSPS) is 18.0. The van der Waals surface area contributed by atoms with Gasteiger partial charge in [-0.25, -0.2) is 9.97 Å². The Morgan fingerprint density at radius 2 is 1.91 bits per heavy atom. The zero-order valence-electron chi connectivity index (χ0n) is 23.7. The monoisotopic (exact) mass is 595 g/mol. The summed E-state index contributed by atoms with van der Waals surface area (Å²) in [5.74, 6) is -0.287. The molecule has 2 N–H and O–H groups in total. The van der Waals surface area contributed by atoms with E-state index in [0.717, 1.165) is 74.9 Å². The van der Waals surface area contributed by atoms with Crippen molar-refractivity contribution in [2.75, 3.05) is 54.9 Å². The summed E-state index contributed by atoms with van der Waals surface area (Å²) in [6.07, 6.45) is 1.20. The average molecular weight is 596 g/mol. The van der Waals surface area contributed by atoms with Crippen molar-refractivity contribution >= 4 is 29.1 Å². The second kappa shape index (κ2) is 11.5. The molecule has 4 heterocycles. The SMILES string of the molecule is Cc1ccc(NC(=O)c2cncc(C(F)(F)F)c2)cc1N1Cc2cnc(NCCCN3CCOCC3)nc2C2(CC2)C1=O. The van der Waals surface area contributed by atoms with Crippen molar-refractivity contribution in [2.24, 2.45) is 0 Å². The Balaban J connectivity index is 1.16. The molecule has 226 valence electrons. The van der Waals surface area contributed by atoms with Crippen molar-refractivity contribution in [1.82, 2.24) is 19.9 Å². The van der Waals surface area contributed by atoms with Crippen molar-refractivity contribution in [3.8, 4) is 0 Å². The highest BCUT2D eigenvalue weighted by Gasteiger charge is 2.58. The Bertz CT molecular complexity index is 1540. The standard InChI is InChI=1S/C30H32F3N7O3/c1-19-3-4-23(37-26(41)20-13-22(17-34-15-20)30(31,32)33)14-24(19)40-18-21-16-36-28(38-25(21)29(5-6-29)27(40)42)35-7-2-8-39-9-11-43-12-10-39/h3-4,13-17H,2,5-12,18H2,1H3,(H,37,41)(H,35,36,38). The Kier molecular flexibility index (Phi) is 7.77. The summed E-state index contributed by atoms with van der Waals surface area (Å²) in [6.45, 7) is 7.24. The number of carbonyl (C=O) groups excluding carboxylic acids is 2. The van der Waals surface area contributed by atoms with Gasteiger partial charge in [0.05, 0.1) is 42.0 Å². The Hall–Kier alpha value is -4.10. The number of nitrogens with one attached hydrogen (secondary N) is 2. The van der Waals surface area contributed by atoms with Gasteiger partial charge in [0, 0.05) is 55.2 Å². The van der Waals surface area contributed by atoms with Crippen LogP contribution in [-0.4, -0.2) is 71.1 Å². The van der Waals surface area contributed by atoms with Gasteiger partial charge < -0.3 is 20.3 Å². The van der Waals surface area contributed by atoms with Crippen LogP contribution in [0.15, 0.2) is 42.9 Å². The van der Waals surface area contributed by atoms with Gasteiger partial charge in [-0.1, -0.05) is 6.07 Å². The molecule has 0 unspecified atom stereocenters. The minimum Gasteiger partial charge on any atom is -0.379 e. The number of ether oxygens (including phenoxy) is 1. The number of morpholine rings is 1. The smallest absolute Gasteiger partial charge is 0.379 e. The molecule has 43 heavy (non-hydrogen) atoms. The van der Waals surface area contributed by atoms with Gasteiger partial charge in [-0.3, -0.25) is 19.5 Å². The fourth-order valence-corrected chi connectivity index (χ4v) is 5.62. The van der Waals surface area contributed by atoms with E-state index in [1.54, 1.807) is 29.3 Å².